The second kappa shape index (κ2) is 5.42. The van der Waals surface area contributed by atoms with Crippen molar-refractivity contribution in [2.75, 3.05) is 12.3 Å². The lowest BCUT2D eigenvalue weighted by atomic mass is 10.1. The molecule has 0 unspecified atom stereocenters. The third kappa shape index (κ3) is 2.66. The van der Waals surface area contributed by atoms with E-state index in [4.69, 9.17) is 33.7 Å². The lowest BCUT2D eigenvalue weighted by Crippen LogP contribution is -1.95. The predicted octanol–water partition coefficient (Wildman–Crippen LogP) is 3.43. The second-order valence-electron chi connectivity index (χ2n) is 3.52. The molecule has 0 aliphatic carbocycles. The third-order valence-corrected chi connectivity index (χ3v) is 2.88. The van der Waals surface area contributed by atoms with Crippen LogP contribution in [-0.4, -0.2) is 16.6 Å². The van der Waals surface area contributed by atoms with Crippen molar-refractivity contribution in [3.05, 3.63) is 34.6 Å². The van der Waals surface area contributed by atoms with E-state index in [2.05, 4.69) is 9.97 Å². The number of anilines is 1. The maximum atomic E-state index is 6.17. The number of rotatable bonds is 3. The van der Waals surface area contributed by atoms with Crippen LogP contribution in [-0.2, 0) is 0 Å². The zero-order valence-electron chi connectivity index (χ0n) is 9.65. The van der Waals surface area contributed by atoms with Crippen molar-refractivity contribution in [1.82, 2.24) is 9.97 Å². The first-order valence-corrected chi connectivity index (χ1v) is 6.07. The first-order valence-electron chi connectivity index (χ1n) is 5.31. The van der Waals surface area contributed by atoms with Gasteiger partial charge in [-0.15, -0.1) is 0 Å². The molecular formula is C12H11Cl2N3O. The monoisotopic (exact) mass is 283 g/mol. The Morgan fingerprint density at radius 3 is 2.56 bits per heavy atom. The topological polar surface area (TPSA) is 61.0 Å². The van der Waals surface area contributed by atoms with Crippen molar-refractivity contribution in [3.63, 3.8) is 0 Å². The van der Waals surface area contributed by atoms with E-state index in [0.717, 1.165) is 0 Å². The van der Waals surface area contributed by atoms with Gasteiger partial charge in [0, 0.05) is 11.6 Å². The van der Waals surface area contributed by atoms with E-state index in [1.54, 1.807) is 18.3 Å². The van der Waals surface area contributed by atoms with Crippen molar-refractivity contribution in [2.45, 2.75) is 6.92 Å². The highest BCUT2D eigenvalue weighted by Crippen LogP contribution is 2.35. The van der Waals surface area contributed by atoms with Crippen LogP contribution in [0.15, 0.2) is 24.5 Å². The van der Waals surface area contributed by atoms with Gasteiger partial charge < -0.3 is 10.5 Å². The molecule has 1 heterocycles. The summed E-state index contributed by atoms with van der Waals surface area (Å²) in [5.74, 6) is 0.906. The Hall–Kier alpha value is -1.52. The van der Waals surface area contributed by atoms with Gasteiger partial charge in [-0.05, 0) is 13.0 Å². The van der Waals surface area contributed by atoms with Crippen LogP contribution in [0.1, 0.15) is 6.92 Å². The summed E-state index contributed by atoms with van der Waals surface area (Å²) in [6.45, 7) is 2.40. The Morgan fingerprint density at radius 1 is 1.17 bits per heavy atom. The molecule has 1 aromatic carbocycles. The highest BCUT2D eigenvalue weighted by atomic mass is 35.5. The first-order chi connectivity index (χ1) is 8.61. The Morgan fingerprint density at radius 2 is 1.94 bits per heavy atom. The molecule has 1 aromatic heterocycles. The number of nitrogens with zero attached hydrogens (tertiary/aromatic N) is 2. The molecule has 0 saturated heterocycles. The molecule has 0 radical (unpaired) electrons. The Kier molecular flexibility index (Phi) is 3.89. The second-order valence-corrected chi connectivity index (χ2v) is 4.34. The van der Waals surface area contributed by atoms with E-state index in [-0.39, 0.29) is 0 Å². The largest absolute Gasteiger partial charge is 0.492 e. The molecule has 2 aromatic rings. The summed E-state index contributed by atoms with van der Waals surface area (Å²) in [4.78, 5) is 8.12. The normalized spacial score (nSPS) is 10.4. The molecule has 0 fully saturated rings. The number of hydrogen-bond acceptors (Lipinski definition) is 4. The summed E-state index contributed by atoms with van der Waals surface area (Å²) in [5.41, 5.74) is 6.79. The van der Waals surface area contributed by atoms with Gasteiger partial charge in [0.15, 0.2) is 0 Å². The van der Waals surface area contributed by atoms with Crippen LogP contribution in [0, 0.1) is 0 Å². The number of nitrogen functional groups attached to an aromatic ring is 1. The lowest BCUT2D eigenvalue weighted by Gasteiger charge is -2.09. The van der Waals surface area contributed by atoms with Gasteiger partial charge in [0.1, 0.15) is 11.6 Å². The minimum atomic E-state index is 0.354. The van der Waals surface area contributed by atoms with Crippen LogP contribution >= 0.6 is 23.2 Å². The van der Waals surface area contributed by atoms with Crippen molar-refractivity contribution < 1.29 is 4.74 Å². The highest BCUT2D eigenvalue weighted by molar-refractivity contribution is 6.36. The fourth-order valence-corrected chi connectivity index (χ4v) is 1.94. The summed E-state index contributed by atoms with van der Waals surface area (Å²) in [6, 6.07) is 3.37. The van der Waals surface area contributed by atoms with Crippen molar-refractivity contribution in [3.8, 4) is 17.0 Å². The van der Waals surface area contributed by atoms with Gasteiger partial charge in [0.25, 0.3) is 0 Å². The highest BCUT2D eigenvalue weighted by Gasteiger charge is 2.11. The minimum Gasteiger partial charge on any atom is -0.492 e. The zero-order chi connectivity index (χ0) is 13.1. The van der Waals surface area contributed by atoms with Gasteiger partial charge >= 0.3 is 0 Å². The van der Waals surface area contributed by atoms with E-state index in [1.165, 1.54) is 6.20 Å². The third-order valence-electron chi connectivity index (χ3n) is 2.27. The van der Waals surface area contributed by atoms with Crippen LogP contribution < -0.4 is 10.5 Å². The zero-order valence-corrected chi connectivity index (χ0v) is 11.2. The van der Waals surface area contributed by atoms with Crippen molar-refractivity contribution >= 4 is 29.0 Å². The Labute approximate surface area is 115 Å². The van der Waals surface area contributed by atoms with Gasteiger partial charge in [0.2, 0.25) is 0 Å². The van der Waals surface area contributed by atoms with Crippen LogP contribution in [0.5, 0.6) is 5.75 Å². The molecule has 0 bridgehead atoms. The average molecular weight is 284 g/mol. The van der Waals surface area contributed by atoms with E-state index >= 15 is 0 Å². The smallest absolute Gasteiger partial charge is 0.141 e. The van der Waals surface area contributed by atoms with Gasteiger partial charge in [-0.25, -0.2) is 4.98 Å². The SMILES string of the molecule is CCOc1cc(Cl)c(-c2cnc(N)cn2)cc1Cl. The number of hydrogen-bond donors (Lipinski definition) is 1. The van der Waals surface area contributed by atoms with E-state index < -0.39 is 0 Å². The molecule has 0 aliphatic rings. The first kappa shape index (κ1) is 12.9. The molecule has 0 saturated carbocycles. The van der Waals surface area contributed by atoms with E-state index in [9.17, 15) is 0 Å². The standard InChI is InChI=1S/C12H11Cl2N3O/c1-2-18-11-4-8(13)7(3-9(11)14)10-5-17-12(15)6-16-10/h3-6H,2H2,1H3,(H2,15,17). The van der Waals surface area contributed by atoms with Crippen LogP contribution in [0.25, 0.3) is 11.3 Å². The van der Waals surface area contributed by atoms with Crippen molar-refractivity contribution in [1.29, 1.82) is 0 Å². The lowest BCUT2D eigenvalue weighted by molar-refractivity contribution is 0.340. The molecule has 4 nitrogen and oxygen atoms in total. The predicted molar refractivity (Wildman–Crippen MR) is 73.1 cm³/mol. The quantitative estimate of drug-likeness (QED) is 0.938. The van der Waals surface area contributed by atoms with Crippen LogP contribution in [0.4, 0.5) is 5.82 Å². The fourth-order valence-electron chi connectivity index (χ4n) is 1.47. The molecule has 2 N–H and O–H groups in total. The van der Waals surface area contributed by atoms with Gasteiger partial charge in [-0.3, -0.25) is 4.98 Å². The molecule has 2 rings (SSSR count). The van der Waals surface area contributed by atoms with E-state index in [1.807, 2.05) is 6.92 Å². The number of halogens is 2. The molecule has 94 valence electrons. The molecule has 0 aliphatic heterocycles. The van der Waals surface area contributed by atoms with E-state index in [0.29, 0.717) is 39.5 Å². The average Bonchev–Trinajstić information content (AvgIpc) is 2.35. The summed E-state index contributed by atoms with van der Waals surface area (Å²) >= 11 is 12.3. The molecule has 18 heavy (non-hydrogen) atoms. The van der Waals surface area contributed by atoms with Crippen molar-refractivity contribution in [2.24, 2.45) is 0 Å². The number of ether oxygens (including phenoxy) is 1. The molecule has 0 amide bonds. The number of nitrogens with two attached hydrogens (primary N) is 1. The molecule has 0 atom stereocenters. The van der Waals surface area contributed by atoms with Gasteiger partial charge in [0.05, 0.1) is 34.7 Å². The summed E-state index contributed by atoms with van der Waals surface area (Å²) in [6.07, 6.45) is 3.02. The maximum Gasteiger partial charge on any atom is 0.141 e. The molecule has 6 heteroatoms. The Balaban J connectivity index is 2.45. The van der Waals surface area contributed by atoms with Gasteiger partial charge in [-0.2, -0.15) is 0 Å². The Bertz CT molecular complexity index is 558. The summed E-state index contributed by atoms with van der Waals surface area (Å²) < 4.78 is 5.36. The van der Waals surface area contributed by atoms with Gasteiger partial charge in [-0.1, -0.05) is 23.2 Å². The minimum absolute atomic E-state index is 0.354. The molecular weight excluding hydrogens is 273 g/mol. The van der Waals surface area contributed by atoms with Crippen LogP contribution in [0.3, 0.4) is 0 Å². The summed E-state index contributed by atoms with van der Waals surface area (Å²) in [5, 5.41) is 0.983. The fraction of sp³-hybridized carbons (Fsp3) is 0.167. The maximum absolute atomic E-state index is 6.17. The number of aromatic nitrogens is 2. The van der Waals surface area contributed by atoms with Crippen LogP contribution in [0.2, 0.25) is 10.0 Å². The summed E-state index contributed by atoms with van der Waals surface area (Å²) in [7, 11) is 0. The molecule has 0 spiro atoms. The number of benzene rings is 1.